The number of halogens is 1. The lowest BCUT2D eigenvalue weighted by molar-refractivity contribution is 0.0694. The summed E-state index contributed by atoms with van der Waals surface area (Å²) in [4.78, 5) is 23.2. The van der Waals surface area contributed by atoms with Gasteiger partial charge in [-0.15, -0.1) is 0 Å². The predicted molar refractivity (Wildman–Crippen MR) is 105 cm³/mol. The molecule has 7 heteroatoms. The average molecular weight is 386 g/mol. The molecule has 0 fully saturated rings. The number of aromatic carboxylic acids is 1. The van der Waals surface area contributed by atoms with Gasteiger partial charge in [-0.3, -0.25) is 9.48 Å². The highest BCUT2D eigenvalue weighted by Crippen LogP contribution is 2.37. The largest absolute Gasteiger partial charge is 0.477 e. The van der Waals surface area contributed by atoms with Gasteiger partial charge in [0.15, 0.2) is 5.43 Å². The van der Waals surface area contributed by atoms with Crippen LogP contribution >= 0.6 is 11.6 Å². The number of carboxylic acids is 1. The summed E-state index contributed by atoms with van der Waals surface area (Å²) >= 11 is 6.54. The second-order valence-electron chi connectivity index (χ2n) is 6.24. The fourth-order valence-electron chi connectivity index (χ4n) is 2.95. The topological polar surface area (TPSA) is 77.1 Å². The van der Waals surface area contributed by atoms with Crippen molar-refractivity contribution >= 4 is 17.6 Å². The van der Waals surface area contributed by atoms with E-state index in [9.17, 15) is 9.59 Å². The van der Waals surface area contributed by atoms with Crippen LogP contribution in [-0.2, 0) is 13.1 Å². The molecule has 1 aliphatic heterocycles. The second kappa shape index (κ2) is 7.80. The molecule has 0 bridgehead atoms. The molecule has 140 valence electrons. The van der Waals surface area contributed by atoms with Crippen LogP contribution in [0.5, 0.6) is 0 Å². The molecule has 0 saturated heterocycles. The van der Waals surface area contributed by atoms with Crippen molar-refractivity contribution < 1.29 is 9.90 Å². The van der Waals surface area contributed by atoms with Gasteiger partial charge in [-0.05, 0) is 0 Å². The second-order valence-corrected chi connectivity index (χ2v) is 6.62. The normalized spacial score (nSPS) is 11.8. The van der Waals surface area contributed by atoms with Crippen LogP contribution in [-0.4, -0.2) is 25.4 Å². The van der Waals surface area contributed by atoms with E-state index in [1.165, 1.54) is 18.7 Å². The van der Waals surface area contributed by atoms with Crippen LogP contribution < -0.4 is 5.43 Å². The number of carbonyl (C=O) groups is 1. The van der Waals surface area contributed by atoms with Gasteiger partial charge < -0.3 is 9.67 Å². The van der Waals surface area contributed by atoms with Crippen molar-refractivity contribution in [2.75, 3.05) is 0 Å². The molecule has 6 nitrogen and oxygen atoms in total. The molecule has 3 heterocycles. The summed E-state index contributed by atoms with van der Waals surface area (Å²) in [6.07, 6.45) is 2.62. The van der Waals surface area contributed by atoms with E-state index in [-0.39, 0.29) is 5.56 Å². The van der Waals surface area contributed by atoms with Crippen LogP contribution in [0.4, 0.5) is 0 Å². The number of nitrogens with zero attached hydrogens (tertiary/aromatic N) is 3. The Labute approximate surface area is 161 Å². The van der Waals surface area contributed by atoms with Gasteiger partial charge in [0.25, 0.3) is 0 Å². The first kappa shape index (κ1) is 18.9. The maximum absolute atomic E-state index is 12.1. The Bertz CT molecular complexity index is 1040. The molecule has 0 radical (unpaired) electrons. The standard InChI is InChI=1S/C17H12ClN3O3.C3H8/c18-14-15(10-4-2-1-3-5-10)19-21-7-6-20-9-11(17(23)24)13(22)8-12(20)16(14)21;1-3-2/h1-5,8-9H,6-7H2,(H,23,24);3H2,1-2H3. The fourth-order valence-corrected chi connectivity index (χ4v) is 3.29. The van der Waals surface area contributed by atoms with Gasteiger partial charge in [-0.25, -0.2) is 4.79 Å². The lowest BCUT2D eigenvalue weighted by atomic mass is 10.1. The summed E-state index contributed by atoms with van der Waals surface area (Å²) in [5.74, 6) is -1.23. The van der Waals surface area contributed by atoms with Gasteiger partial charge in [-0.2, -0.15) is 5.10 Å². The molecule has 1 N–H and O–H groups in total. The minimum absolute atomic E-state index is 0.244. The first-order valence-corrected chi connectivity index (χ1v) is 9.15. The van der Waals surface area contributed by atoms with E-state index < -0.39 is 11.4 Å². The zero-order valence-corrected chi connectivity index (χ0v) is 15.9. The number of hydrogen-bond donors (Lipinski definition) is 1. The molecule has 0 spiro atoms. The lowest BCUT2D eigenvalue weighted by Crippen LogP contribution is -2.24. The number of fused-ring (bicyclic) bond motifs is 3. The SMILES string of the molecule is CCC.O=C(O)c1cn2c(cc1=O)-c1c(Cl)c(-c3ccccc3)nn1CC2. The molecule has 27 heavy (non-hydrogen) atoms. The van der Waals surface area contributed by atoms with Crippen LogP contribution in [0.1, 0.15) is 30.6 Å². The smallest absolute Gasteiger partial charge is 0.341 e. The van der Waals surface area contributed by atoms with Crippen molar-refractivity contribution in [2.45, 2.75) is 33.4 Å². The van der Waals surface area contributed by atoms with Gasteiger partial charge in [0.2, 0.25) is 0 Å². The van der Waals surface area contributed by atoms with E-state index in [1.54, 1.807) is 9.25 Å². The van der Waals surface area contributed by atoms with Gasteiger partial charge >= 0.3 is 5.97 Å². The third kappa shape index (κ3) is 3.53. The van der Waals surface area contributed by atoms with E-state index in [1.807, 2.05) is 30.3 Å². The average Bonchev–Trinajstić information content (AvgIpc) is 2.99. The highest BCUT2D eigenvalue weighted by molar-refractivity contribution is 6.35. The number of rotatable bonds is 2. The summed E-state index contributed by atoms with van der Waals surface area (Å²) < 4.78 is 3.50. The van der Waals surface area contributed by atoms with Crippen molar-refractivity contribution in [1.82, 2.24) is 14.3 Å². The molecule has 3 aromatic rings. The Balaban J connectivity index is 0.000000659. The quantitative estimate of drug-likeness (QED) is 0.718. The molecule has 0 atom stereocenters. The van der Waals surface area contributed by atoms with Gasteiger partial charge in [0.05, 0.1) is 17.3 Å². The molecule has 2 aromatic heterocycles. The third-order valence-corrected chi connectivity index (χ3v) is 4.45. The van der Waals surface area contributed by atoms with Crippen LogP contribution in [0.2, 0.25) is 5.02 Å². The van der Waals surface area contributed by atoms with Crippen molar-refractivity contribution in [2.24, 2.45) is 0 Å². The summed E-state index contributed by atoms with van der Waals surface area (Å²) in [5.41, 5.74) is 1.97. The zero-order chi connectivity index (χ0) is 19.6. The fraction of sp³-hybridized carbons (Fsp3) is 0.250. The number of benzene rings is 1. The molecule has 0 aliphatic carbocycles. The predicted octanol–water partition coefficient (Wildman–Crippen LogP) is 4.16. The Morgan fingerprint density at radius 2 is 1.89 bits per heavy atom. The minimum Gasteiger partial charge on any atom is -0.477 e. The van der Waals surface area contributed by atoms with Crippen molar-refractivity contribution in [3.8, 4) is 22.6 Å². The molecule has 0 amide bonds. The van der Waals surface area contributed by atoms with Crippen molar-refractivity contribution in [3.05, 3.63) is 63.4 Å². The molecular formula is C20H20ClN3O3. The van der Waals surface area contributed by atoms with E-state index in [0.29, 0.717) is 35.2 Å². The molecular weight excluding hydrogens is 366 g/mol. The Morgan fingerprint density at radius 1 is 1.22 bits per heavy atom. The first-order valence-electron chi connectivity index (χ1n) is 8.77. The Kier molecular flexibility index (Phi) is 5.46. The number of carboxylic acid groups (broad SMARTS) is 1. The van der Waals surface area contributed by atoms with Crippen molar-refractivity contribution in [1.29, 1.82) is 0 Å². The number of aromatic nitrogens is 3. The summed E-state index contributed by atoms with van der Waals surface area (Å²) in [5, 5.41) is 14.1. The maximum Gasteiger partial charge on any atom is 0.341 e. The summed E-state index contributed by atoms with van der Waals surface area (Å²) in [6.45, 7) is 5.33. The monoisotopic (exact) mass is 385 g/mol. The van der Waals surface area contributed by atoms with E-state index >= 15 is 0 Å². The lowest BCUT2D eigenvalue weighted by Gasteiger charge is -2.21. The molecule has 0 unspecified atom stereocenters. The number of hydrogen-bond acceptors (Lipinski definition) is 3. The van der Waals surface area contributed by atoms with Gasteiger partial charge in [0, 0.05) is 24.4 Å². The van der Waals surface area contributed by atoms with Gasteiger partial charge in [0.1, 0.15) is 17.0 Å². The number of aryl methyl sites for hydroxylation is 2. The van der Waals surface area contributed by atoms with Crippen LogP contribution in [0, 0.1) is 0 Å². The van der Waals surface area contributed by atoms with E-state index in [0.717, 1.165) is 5.56 Å². The van der Waals surface area contributed by atoms with E-state index in [2.05, 4.69) is 18.9 Å². The molecule has 1 aliphatic rings. The number of pyridine rings is 1. The van der Waals surface area contributed by atoms with Gasteiger partial charge in [-0.1, -0.05) is 62.2 Å². The highest BCUT2D eigenvalue weighted by Gasteiger charge is 2.25. The zero-order valence-electron chi connectivity index (χ0n) is 15.1. The first-order chi connectivity index (χ1) is 13.0. The van der Waals surface area contributed by atoms with Crippen LogP contribution in [0.3, 0.4) is 0 Å². The summed E-state index contributed by atoms with van der Waals surface area (Å²) in [6, 6.07) is 10.9. The maximum atomic E-state index is 12.1. The Morgan fingerprint density at radius 3 is 2.52 bits per heavy atom. The highest BCUT2D eigenvalue weighted by atomic mass is 35.5. The minimum atomic E-state index is -1.23. The summed E-state index contributed by atoms with van der Waals surface area (Å²) in [7, 11) is 0. The molecule has 0 saturated carbocycles. The van der Waals surface area contributed by atoms with E-state index in [4.69, 9.17) is 16.7 Å². The van der Waals surface area contributed by atoms with Crippen molar-refractivity contribution in [3.63, 3.8) is 0 Å². The van der Waals surface area contributed by atoms with Crippen LogP contribution in [0.15, 0.2) is 47.4 Å². The Hall–Kier alpha value is -2.86. The molecule has 4 rings (SSSR count). The third-order valence-electron chi connectivity index (χ3n) is 4.10. The molecule has 1 aromatic carbocycles. The van der Waals surface area contributed by atoms with Crippen LogP contribution in [0.25, 0.3) is 22.6 Å².